The van der Waals surface area contributed by atoms with Crippen molar-refractivity contribution in [2.75, 3.05) is 50.8 Å². The van der Waals surface area contributed by atoms with E-state index in [0.29, 0.717) is 31.0 Å². The average molecular weight is 454 g/mol. The number of unbranched alkanes of at least 4 members (excludes halogenated alkanes) is 1. The van der Waals surface area contributed by atoms with Gasteiger partial charge in [-0.25, -0.2) is 0 Å². The molecule has 0 atom stereocenters. The lowest BCUT2D eigenvalue weighted by molar-refractivity contribution is -0.151. The highest BCUT2D eigenvalue weighted by atomic mass is 16.5. The van der Waals surface area contributed by atoms with Crippen molar-refractivity contribution in [2.45, 2.75) is 19.8 Å². The lowest BCUT2D eigenvalue weighted by Crippen LogP contribution is -2.50. The molecule has 8 heteroatoms. The van der Waals surface area contributed by atoms with Gasteiger partial charge in [0, 0.05) is 37.4 Å². The molecule has 2 amide bonds. The summed E-state index contributed by atoms with van der Waals surface area (Å²) in [5.41, 5.74) is 1.54. The monoisotopic (exact) mass is 453 g/mol. The molecule has 1 fully saturated rings. The number of carbonyl (C=O) groups is 3. The Balaban J connectivity index is 1.34. The highest BCUT2D eigenvalue weighted by Gasteiger charge is 2.22. The average Bonchev–Trinajstić information content (AvgIpc) is 2.87. The van der Waals surface area contributed by atoms with E-state index in [9.17, 15) is 14.4 Å². The van der Waals surface area contributed by atoms with Gasteiger partial charge < -0.3 is 24.6 Å². The summed E-state index contributed by atoms with van der Waals surface area (Å²) in [6.45, 7) is 4.68. The van der Waals surface area contributed by atoms with Crippen molar-refractivity contribution in [3.63, 3.8) is 0 Å². The van der Waals surface area contributed by atoms with Crippen molar-refractivity contribution >= 4 is 23.5 Å². The summed E-state index contributed by atoms with van der Waals surface area (Å²) in [5, 5.41) is 2.51. The second-order valence-electron chi connectivity index (χ2n) is 7.77. The summed E-state index contributed by atoms with van der Waals surface area (Å²) in [7, 11) is 0. The van der Waals surface area contributed by atoms with Gasteiger partial charge in [0.2, 0.25) is 0 Å². The summed E-state index contributed by atoms with van der Waals surface area (Å²) in [4.78, 5) is 40.5. The maximum atomic E-state index is 12.4. The van der Waals surface area contributed by atoms with E-state index in [1.807, 2.05) is 30.3 Å². The smallest absolute Gasteiger partial charge is 0.325 e. The number of amides is 2. The van der Waals surface area contributed by atoms with Crippen LogP contribution in [0.5, 0.6) is 5.75 Å². The Bertz CT molecular complexity index is 909. The van der Waals surface area contributed by atoms with Crippen LogP contribution < -0.4 is 15.0 Å². The number of nitrogens with zero attached hydrogens (tertiary/aromatic N) is 2. The Morgan fingerprint density at radius 3 is 2.30 bits per heavy atom. The molecule has 0 aromatic heterocycles. The van der Waals surface area contributed by atoms with Gasteiger partial charge in [-0.3, -0.25) is 14.4 Å². The van der Waals surface area contributed by atoms with Crippen molar-refractivity contribution in [1.29, 1.82) is 0 Å². The molecule has 0 saturated carbocycles. The fourth-order valence-electron chi connectivity index (χ4n) is 3.43. The summed E-state index contributed by atoms with van der Waals surface area (Å²) in [6.07, 6.45) is 2.02. The summed E-state index contributed by atoms with van der Waals surface area (Å²) in [6, 6.07) is 16.8. The first kappa shape index (κ1) is 24.1. The van der Waals surface area contributed by atoms with Gasteiger partial charge in [0.05, 0.1) is 6.61 Å². The first-order valence-corrected chi connectivity index (χ1v) is 11.3. The number of para-hydroxylation sites is 1. The minimum atomic E-state index is -0.654. The van der Waals surface area contributed by atoms with Crippen molar-refractivity contribution < 1.29 is 23.9 Å². The number of carbonyl (C=O) groups excluding carboxylic acids is 3. The lowest BCUT2D eigenvalue weighted by atomic mass is 10.2. The van der Waals surface area contributed by atoms with Gasteiger partial charge in [-0.05, 0) is 42.8 Å². The maximum absolute atomic E-state index is 12.4. The van der Waals surface area contributed by atoms with E-state index in [4.69, 9.17) is 9.47 Å². The molecule has 1 aliphatic rings. The summed E-state index contributed by atoms with van der Waals surface area (Å²) >= 11 is 0. The maximum Gasteiger partial charge on any atom is 0.325 e. The van der Waals surface area contributed by atoms with Crippen LogP contribution in [0.2, 0.25) is 0 Å². The van der Waals surface area contributed by atoms with Crippen LogP contribution in [0.4, 0.5) is 5.69 Å². The molecule has 0 radical (unpaired) electrons. The number of piperazine rings is 1. The Kier molecular flexibility index (Phi) is 9.11. The van der Waals surface area contributed by atoms with Gasteiger partial charge in [-0.2, -0.15) is 0 Å². The summed E-state index contributed by atoms with van der Waals surface area (Å²) in [5.74, 6) is -0.585. The van der Waals surface area contributed by atoms with Crippen molar-refractivity contribution in [2.24, 2.45) is 0 Å². The van der Waals surface area contributed by atoms with Crippen LogP contribution >= 0.6 is 0 Å². The first-order chi connectivity index (χ1) is 16.1. The third-order valence-corrected chi connectivity index (χ3v) is 5.39. The molecular formula is C25H31N3O5. The van der Waals surface area contributed by atoms with Crippen LogP contribution in [0, 0.1) is 0 Å². The molecule has 0 spiro atoms. The van der Waals surface area contributed by atoms with E-state index in [1.54, 1.807) is 29.2 Å². The number of anilines is 1. The molecule has 1 N–H and O–H groups in total. The molecule has 1 heterocycles. The van der Waals surface area contributed by atoms with E-state index in [1.165, 1.54) is 0 Å². The molecule has 2 aromatic rings. The highest BCUT2D eigenvalue weighted by molar-refractivity contribution is 5.96. The molecule has 1 aliphatic heterocycles. The van der Waals surface area contributed by atoms with Gasteiger partial charge in [-0.15, -0.1) is 0 Å². The minimum absolute atomic E-state index is 0.235. The van der Waals surface area contributed by atoms with Gasteiger partial charge in [-0.1, -0.05) is 31.5 Å². The molecule has 176 valence electrons. The number of ether oxygens (including phenoxy) is 2. The molecule has 3 rings (SSSR count). The molecule has 0 unspecified atom stereocenters. The normalized spacial score (nSPS) is 13.4. The van der Waals surface area contributed by atoms with E-state index in [2.05, 4.69) is 17.1 Å². The number of benzene rings is 2. The van der Waals surface area contributed by atoms with Crippen LogP contribution in [0.1, 0.15) is 30.1 Å². The third-order valence-electron chi connectivity index (χ3n) is 5.39. The molecule has 8 nitrogen and oxygen atoms in total. The zero-order valence-corrected chi connectivity index (χ0v) is 19.0. The van der Waals surface area contributed by atoms with Crippen LogP contribution in [-0.2, 0) is 14.3 Å². The van der Waals surface area contributed by atoms with Crippen LogP contribution in [-0.4, -0.2) is 68.6 Å². The summed E-state index contributed by atoms with van der Waals surface area (Å²) < 4.78 is 10.6. The van der Waals surface area contributed by atoms with Crippen LogP contribution in [0.3, 0.4) is 0 Å². The van der Waals surface area contributed by atoms with E-state index in [0.717, 1.165) is 31.6 Å². The zero-order valence-electron chi connectivity index (χ0n) is 19.0. The van der Waals surface area contributed by atoms with Crippen LogP contribution in [0.15, 0.2) is 54.6 Å². The topological polar surface area (TPSA) is 88.2 Å². The SMILES string of the molecule is CCCCOc1ccc(C(=O)NCC(=O)OCC(=O)N2CCN(c3ccccc3)CC2)cc1. The van der Waals surface area contributed by atoms with E-state index >= 15 is 0 Å². The van der Waals surface area contributed by atoms with Gasteiger partial charge in [0.1, 0.15) is 12.3 Å². The number of hydrogen-bond donors (Lipinski definition) is 1. The predicted octanol–water partition coefficient (Wildman–Crippen LogP) is 2.49. The predicted molar refractivity (Wildman–Crippen MR) is 125 cm³/mol. The molecule has 1 saturated heterocycles. The van der Waals surface area contributed by atoms with Crippen molar-refractivity contribution in [3.8, 4) is 5.75 Å². The van der Waals surface area contributed by atoms with Gasteiger partial charge in [0.15, 0.2) is 6.61 Å². The molecule has 0 aliphatic carbocycles. The molecule has 33 heavy (non-hydrogen) atoms. The van der Waals surface area contributed by atoms with E-state index < -0.39 is 11.9 Å². The second kappa shape index (κ2) is 12.5. The number of nitrogens with one attached hydrogen (secondary N) is 1. The number of rotatable bonds is 10. The highest BCUT2D eigenvalue weighted by Crippen LogP contribution is 2.15. The standard InChI is InChI=1S/C25H31N3O5/c1-2-3-17-32-22-11-9-20(10-12-22)25(31)26-18-24(30)33-19-23(29)28-15-13-27(14-16-28)21-7-5-4-6-8-21/h4-12H,2-3,13-19H2,1H3,(H,26,31). The molecule has 0 bridgehead atoms. The Labute approximate surface area is 194 Å². The second-order valence-corrected chi connectivity index (χ2v) is 7.77. The van der Waals surface area contributed by atoms with E-state index in [-0.39, 0.29) is 19.1 Å². The van der Waals surface area contributed by atoms with Crippen LogP contribution in [0.25, 0.3) is 0 Å². The fraction of sp³-hybridized carbons (Fsp3) is 0.400. The molecule has 2 aromatic carbocycles. The van der Waals surface area contributed by atoms with Crippen molar-refractivity contribution in [1.82, 2.24) is 10.2 Å². The molecular weight excluding hydrogens is 422 g/mol. The van der Waals surface area contributed by atoms with Gasteiger partial charge >= 0.3 is 5.97 Å². The lowest BCUT2D eigenvalue weighted by Gasteiger charge is -2.36. The Morgan fingerprint density at radius 1 is 0.939 bits per heavy atom. The van der Waals surface area contributed by atoms with Gasteiger partial charge in [0.25, 0.3) is 11.8 Å². The largest absolute Gasteiger partial charge is 0.494 e. The number of hydrogen-bond acceptors (Lipinski definition) is 6. The fourth-order valence-corrected chi connectivity index (χ4v) is 3.43. The quantitative estimate of drug-likeness (QED) is 0.439. The number of esters is 1. The zero-order chi connectivity index (χ0) is 23.5. The Hall–Kier alpha value is -3.55. The first-order valence-electron chi connectivity index (χ1n) is 11.3. The Morgan fingerprint density at radius 2 is 1.64 bits per heavy atom. The third kappa shape index (κ3) is 7.52. The van der Waals surface area contributed by atoms with Crippen molar-refractivity contribution in [3.05, 3.63) is 60.2 Å². The minimum Gasteiger partial charge on any atom is -0.494 e.